The summed E-state index contributed by atoms with van der Waals surface area (Å²) in [5.41, 5.74) is 0.865. The Balaban J connectivity index is 1.83. The van der Waals surface area contributed by atoms with Crippen LogP contribution < -0.4 is 15.4 Å². The van der Waals surface area contributed by atoms with Crippen LogP contribution in [0, 0.1) is 5.92 Å². The Morgan fingerprint density at radius 3 is 2.73 bits per heavy atom. The Morgan fingerprint density at radius 1 is 1.27 bits per heavy atom. The third kappa shape index (κ3) is 4.93. The van der Waals surface area contributed by atoms with Gasteiger partial charge in [-0.15, -0.1) is 0 Å². The van der Waals surface area contributed by atoms with Crippen LogP contribution in [0.2, 0.25) is 0 Å². The van der Waals surface area contributed by atoms with Gasteiger partial charge < -0.3 is 15.4 Å². The lowest BCUT2D eigenvalue weighted by molar-refractivity contribution is -0.121. The molecule has 122 valence electrons. The lowest BCUT2D eigenvalue weighted by atomic mass is 9.89. The molecule has 0 heterocycles. The molecule has 2 rings (SSSR count). The van der Waals surface area contributed by atoms with Gasteiger partial charge in [0.1, 0.15) is 11.8 Å². The highest BCUT2D eigenvalue weighted by Crippen LogP contribution is 2.25. The van der Waals surface area contributed by atoms with Gasteiger partial charge in [-0.2, -0.15) is 0 Å². The first kappa shape index (κ1) is 16.7. The Morgan fingerprint density at radius 2 is 2.00 bits per heavy atom. The summed E-state index contributed by atoms with van der Waals surface area (Å²) >= 11 is 0. The van der Waals surface area contributed by atoms with Gasteiger partial charge in [0, 0.05) is 6.54 Å². The first-order chi connectivity index (χ1) is 10.7. The molecule has 4 nitrogen and oxygen atoms in total. The van der Waals surface area contributed by atoms with Gasteiger partial charge in [0.25, 0.3) is 0 Å². The summed E-state index contributed by atoms with van der Waals surface area (Å²) in [4.78, 5) is 12.2. The molecule has 4 heteroatoms. The van der Waals surface area contributed by atoms with Crippen molar-refractivity contribution in [1.29, 1.82) is 0 Å². The monoisotopic (exact) mass is 304 g/mol. The molecule has 1 aliphatic rings. The van der Waals surface area contributed by atoms with Gasteiger partial charge in [0.05, 0.1) is 12.3 Å². The summed E-state index contributed by atoms with van der Waals surface area (Å²) in [6, 6.07) is 7.46. The minimum Gasteiger partial charge on any atom is -0.492 e. The minimum absolute atomic E-state index is 0.0527. The molecule has 0 aromatic heterocycles. The SMILES string of the molecule is CCOc1ccccc1NC(C)C(=O)NCC1CCCCC1. The van der Waals surface area contributed by atoms with Gasteiger partial charge >= 0.3 is 0 Å². The zero-order valence-electron chi connectivity index (χ0n) is 13.7. The van der Waals surface area contributed by atoms with Gasteiger partial charge in [-0.25, -0.2) is 0 Å². The van der Waals surface area contributed by atoms with E-state index in [4.69, 9.17) is 4.74 Å². The van der Waals surface area contributed by atoms with Crippen LogP contribution in [0.4, 0.5) is 5.69 Å². The van der Waals surface area contributed by atoms with Crippen molar-refractivity contribution < 1.29 is 9.53 Å². The number of benzene rings is 1. The van der Waals surface area contributed by atoms with Gasteiger partial charge in [0.15, 0.2) is 0 Å². The number of carbonyl (C=O) groups excluding carboxylic acids is 1. The molecular formula is C18H28N2O2. The summed E-state index contributed by atoms with van der Waals surface area (Å²) in [5, 5.41) is 6.33. The molecule has 1 amide bonds. The first-order valence-corrected chi connectivity index (χ1v) is 8.46. The number of hydrogen-bond acceptors (Lipinski definition) is 3. The van der Waals surface area contributed by atoms with Crippen molar-refractivity contribution in [2.45, 2.75) is 52.0 Å². The second kappa shape index (κ2) is 8.66. The third-order valence-electron chi connectivity index (χ3n) is 4.24. The molecule has 1 aliphatic carbocycles. The number of anilines is 1. The molecule has 0 aliphatic heterocycles. The summed E-state index contributed by atoms with van der Waals surface area (Å²) in [7, 11) is 0. The van der Waals surface area contributed by atoms with Gasteiger partial charge in [-0.05, 0) is 44.7 Å². The summed E-state index contributed by atoms with van der Waals surface area (Å²) in [6.45, 7) is 5.26. The zero-order chi connectivity index (χ0) is 15.8. The molecule has 1 fully saturated rings. The van der Waals surface area contributed by atoms with Crippen LogP contribution in [-0.4, -0.2) is 25.1 Å². The highest BCUT2D eigenvalue weighted by molar-refractivity contribution is 5.84. The van der Waals surface area contributed by atoms with Crippen LogP contribution in [0.25, 0.3) is 0 Å². The molecule has 0 saturated heterocycles. The topological polar surface area (TPSA) is 50.4 Å². The number of nitrogens with one attached hydrogen (secondary N) is 2. The van der Waals surface area contributed by atoms with Crippen LogP contribution >= 0.6 is 0 Å². The summed E-state index contributed by atoms with van der Waals surface area (Å²) in [6.07, 6.45) is 6.44. The van der Waals surface area contributed by atoms with E-state index in [0.29, 0.717) is 12.5 Å². The lowest BCUT2D eigenvalue weighted by Crippen LogP contribution is -2.40. The standard InChI is InChI=1S/C18H28N2O2/c1-3-22-17-12-8-7-11-16(17)20-14(2)18(21)19-13-15-9-5-4-6-10-15/h7-8,11-12,14-15,20H,3-6,9-10,13H2,1-2H3,(H,19,21). The molecule has 2 N–H and O–H groups in total. The number of carbonyl (C=O) groups is 1. The number of rotatable bonds is 7. The fourth-order valence-corrected chi connectivity index (χ4v) is 2.96. The largest absolute Gasteiger partial charge is 0.492 e. The number of hydrogen-bond donors (Lipinski definition) is 2. The summed E-state index contributed by atoms with van der Waals surface area (Å²) < 4.78 is 5.58. The quantitative estimate of drug-likeness (QED) is 0.809. The first-order valence-electron chi connectivity index (χ1n) is 8.46. The number of ether oxygens (including phenoxy) is 1. The molecule has 1 aromatic carbocycles. The molecule has 0 radical (unpaired) electrons. The number of para-hydroxylation sites is 2. The highest BCUT2D eigenvalue weighted by atomic mass is 16.5. The van der Waals surface area contributed by atoms with E-state index in [9.17, 15) is 4.79 Å². The fraction of sp³-hybridized carbons (Fsp3) is 0.611. The van der Waals surface area contributed by atoms with Crippen molar-refractivity contribution in [2.24, 2.45) is 5.92 Å². The van der Waals surface area contributed by atoms with Crippen molar-refractivity contribution in [3.63, 3.8) is 0 Å². The Bertz CT molecular complexity index is 470. The minimum atomic E-state index is -0.273. The predicted molar refractivity (Wildman–Crippen MR) is 90.3 cm³/mol. The van der Waals surface area contributed by atoms with E-state index in [1.807, 2.05) is 38.1 Å². The third-order valence-corrected chi connectivity index (χ3v) is 4.24. The maximum Gasteiger partial charge on any atom is 0.242 e. The van der Waals surface area contributed by atoms with E-state index in [1.54, 1.807) is 0 Å². The van der Waals surface area contributed by atoms with E-state index < -0.39 is 0 Å². The van der Waals surface area contributed by atoms with Gasteiger partial charge in [-0.3, -0.25) is 4.79 Å². The van der Waals surface area contributed by atoms with Crippen molar-refractivity contribution in [1.82, 2.24) is 5.32 Å². The van der Waals surface area contributed by atoms with Crippen molar-refractivity contribution in [2.75, 3.05) is 18.5 Å². The normalized spacial score (nSPS) is 16.8. The van der Waals surface area contributed by atoms with Gasteiger partial charge in [0.2, 0.25) is 5.91 Å². The molecule has 1 atom stereocenters. The van der Waals surface area contributed by atoms with Gasteiger partial charge in [-0.1, -0.05) is 31.4 Å². The summed E-state index contributed by atoms with van der Waals surface area (Å²) in [5.74, 6) is 1.49. The van der Waals surface area contributed by atoms with E-state index in [-0.39, 0.29) is 11.9 Å². The molecule has 0 bridgehead atoms. The lowest BCUT2D eigenvalue weighted by Gasteiger charge is -2.23. The van der Waals surface area contributed by atoms with E-state index in [0.717, 1.165) is 18.0 Å². The predicted octanol–water partition coefficient (Wildman–Crippen LogP) is 3.58. The Labute approximate surface area is 133 Å². The molecule has 1 aromatic rings. The van der Waals surface area contributed by atoms with Crippen molar-refractivity contribution in [3.8, 4) is 5.75 Å². The number of amides is 1. The second-order valence-corrected chi connectivity index (χ2v) is 6.04. The van der Waals surface area contributed by atoms with Crippen LogP contribution in [0.3, 0.4) is 0 Å². The maximum absolute atomic E-state index is 12.2. The average molecular weight is 304 g/mol. The van der Waals surface area contributed by atoms with E-state index >= 15 is 0 Å². The molecule has 1 saturated carbocycles. The van der Waals surface area contributed by atoms with Crippen LogP contribution in [0.1, 0.15) is 46.0 Å². The zero-order valence-corrected chi connectivity index (χ0v) is 13.7. The average Bonchev–Trinajstić information content (AvgIpc) is 2.55. The smallest absolute Gasteiger partial charge is 0.242 e. The van der Waals surface area contributed by atoms with Crippen molar-refractivity contribution >= 4 is 11.6 Å². The second-order valence-electron chi connectivity index (χ2n) is 6.04. The molecule has 0 spiro atoms. The van der Waals surface area contributed by atoms with E-state index in [2.05, 4.69) is 10.6 Å². The van der Waals surface area contributed by atoms with E-state index in [1.165, 1.54) is 32.1 Å². The fourth-order valence-electron chi connectivity index (χ4n) is 2.96. The Kier molecular flexibility index (Phi) is 6.56. The van der Waals surface area contributed by atoms with Crippen LogP contribution in [0.15, 0.2) is 24.3 Å². The molecule has 22 heavy (non-hydrogen) atoms. The maximum atomic E-state index is 12.2. The van der Waals surface area contributed by atoms with Crippen LogP contribution in [-0.2, 0) is 4.79 Å². The highest BCUT2D eigenvalue weighted by Gasteiger charge is 2.18. The Hall–Kier alpha value is -1.71. The molecule has 1 unspecified atom stereocenters. The molecular weight excluding hydrogens is 276 g/mol. The van der Waals surface area contributed by atoms with Crippen molar-refractivity contribution in [3.05, 3.63) is 24.3 Å². The van der Waals surface area contributed by atoms with Crippen LogP contribution in [0.5, 0.6) is 5.75 Å².